The monoisotopic (exact) mass is 231 g/mol. The van der Waals surface area contributed by atoms with Gasteiger partial charge in [-0.15, -0.1) is 0 Å². The van der Waals surface area contributed by atoms with E-state index in [4.69, 9.17) is 11.8 Å². The van der Waals surface area contributed by atoms with Crippen molar-refractivity contribution in [2.24, 2.45) is 0 Å². The highest BCUT2D eigenvalue weighted by Gasteiger charge is 2.16. The van der Waals surface area contributed by atoms with E-state index in [1.165, 1.54) is 16.2 Å². The summed E-state index contributed by atoms with van der Waals surface area (Å²) in [5, 5.41) is 2.53. The molecule has 0 heterocycles. The van der Waals surface area contributed by atoms with Crippen molar-refractivity contribution in [3.05, 3.63) is 60.2 Å². The van der Waals surface area contributed by atoms with Gasteiger partial charge >= 0.3 is 0 Å². The maximum Gasteiger partial charge on any atom is 0.250 e. The Labute approximate surface area is 96.4 Å². The smallest absolute Gasteiger partial charge is 0.0619 e. The highest BCUT2D eigenvalue weighted by atomic mass is 32.4. The van der Waals surface area contributed by atoms with Crippen molar-refractivity contribution in [2.45, 2.75) is 6.92 Å². The van der Waals surface area contributed by atoms with Crippen molar-refractivity contribution in [3.8, 4) is 0 Å². The van der Waals surface area contributed by atoms with Crippen LogP contribution >= 0.6 is 6.70 Å². The van der Waals surface area contributed by atoms with Gasteiger partial charge in [0.2, 0.25) is 6.70 Å². The molecule has 1 atom stereocenters. The number of hydrogen-bond donors (Lipinski definition) is 0. The van der Waals surface area contributed by atoms with E-state index in [1.54, 1.807) is 0 Å². The minimum atomic E-state index is -0.604. The molecule has 2 aromatic rings. The summed E-state index contributed by atoms with van der Waals surface area (Å²) in [6.07, 6.45) is 0. The molecule has 2 rings (SSSR count). The summed E-state index contributed by atoms with van der Waals surface area (Å²) < 4.78 is 0. The molecular formula is C13H12PS+. The molecule has 0 spiro atoms. The summed E-state index contributed by atoms with van der Waals surface area (Å²) in [7, 11) is 0. The summed E-state index contributed by atoms with van der Waals surface area (Å²) in [6, 6.07) is 18.8. The molecular weight excluding hydrogens is 219 g/mol. The van der Waals surface area contributed by atoms with Gasteiger partial charge in [0.25, 0.3) is 0 Å². The van der Waals surface area contributed by atoms with Gasteiger partial charge < -0.3 is 0 Å². The molecule has 0 saturated heterocycles. The summed E-state index contributed by atoms with van der Waals surface area (Å²) in [5.74, 6) is 0. The van der Waals surface area contributed by atoms with Crippen LogP contribution in [0, 0.1) is 6.92 Å². The third-order valence-corrected chi connectivity index (χ3v) is 5.01. The minimum Gasteiger partial charge on any atom is -0.0619 e. The zero-order chi connectivity index (χ0) is 10.7. The Morgan fingerprint density at radius 2 is 1.53 bits per heavy atom. The van der Waals surface area contributed by atoms with Crippen molar-refractivity contribution < 1.29 is 0 Å². The van der Waals surface area contributed by atoms with Gasteiger partial charge in [0, 0.05) is 0 Å². The molecule has 0 aromatic heterocycles. The Hall–Kier alpha value is -1.04. The second kappa shape index (κ2) is 4.65. The molecule has 0 aliphatic heterocycles. The molecule has 15 heavy (non-hydrogen) atoms. The first-order chi connectivity index (χ1) is 7.27. The third-order valence-electron chi connectivity index (χ3n) is 2.23. The SMILES string of the molecule is Cc1cccc([P+](=S)c2ccccc2)c1. The molecule has 1 unspecified atom stereocenters. The second-order valence-corrected chi connectivity index (χ2v) is 6.19. The van der Waals surface area contributed by atoms with Crippen molar-refractivity contribution in [3.63, 3.8) is 0 Å². The molecule has 0 radical (unpaired) electrons. The van der Waals surface area contributed by atoms with Crippen molar-refractivity contribution in [1.82, 2.24) is 0 Å². The average Bonchev–Trinajstić information content (AvgIpc) is 2.29. The summed E-state index contributed by atoms with van der Waals surface area (Å²) in [4.78, 5) is 0. The van der Waals surface area contributed by atoms with Gasteiger partial charge in [0.1, 0.15) is 0 Å². The van der Waals surface area contributed by atoms with Gasteiger partial charge in [0.15, 0.2) is 22.4 Å². The van der Waals surface area contributed by atoms with Crippen LogP contribution in [0.3, 0.4) is 0 Å². The standard InChI is InChI=1S/C13H12PS/c1-11-6-5-9-13(10-11)14(15)12-7-3-2-4-8-12/h2-10H,1H3/q+1. The Morgan fingerprint density at radius 1 is 0.867 bits per heavy atom. The first-order valence-corrected chi connectivity index (χ1v) is 7.22. The van der Waals surface area contributed by atoms with Gasteiger partial charge in [-0.1, -0.05) is 30.3 Å². The zero-order valence-electron chi connectivity index (χ0n) is 8.55. The lowest BCUT2D eigenvalue weighted by molar-refractivity contribution is 1.50. The van der Waals surface area contributed by atoms with Crippen LogP contribution in [0.4, 0.5) is 0 Å². The molecule has 2 aromatic carbocycles. The van der Waals surface area contributed by atoms with E-state index in [2.05, 4.69) is 43.3 Å². The average molecular weight is 231 g/mol. The molecule has 0 saturated carbocycles. The van der Waals surface area contributed by atoms with E-state index in [9.17, 15) is 0 Å². The van der Waals surface area contributed by atoms with E-state index in [0.717, 1.165) is 0 Å². The molecule has 0 bridgehead atoms. The van der Waals surface area contributed by atoms with E-state index >= 15 is 0 Å². The summed E-state index contributed by atoms with van der Waals surface area (Å²) in [6.45, 7) is 1.50. The highest BCUT2D eigenvalue weighted by molar-refractivity contribution is 8.12. The molecule has 0 N–H and O–H groups in total. The third kappa shape index (κ3) is 2.50. The zero-order valence-corrected chi connectivity index (χ0v) is 10.3. The van der Waals surface area contributed by atoms with Crippen molar-refractivity contribution in [2.75, 3.05) is 0 Å². The minimum absolute atomic E-state index is 0.604. The molecule has 2 heteroatoms. The normalized spacial score (nSPS) is 11.1. The lowest BCUT2D eigenvalue weighted by Crippen LogP contribution is -2.05. The fourth-order valence-corrected chi connectivity index (χ4v) is 3.46. The lowest BCUT2D eigenvalue weighted by atomic mass is 10.2. The van der Waals surface area contributed by atoms with Crippen molar-refractivity contribution in [1.29, 1.82) is 0 Å². The molecule has 0 aliphatic carbocycles. The maximum absolute atomic E-state index is 5.59. The number of aryl methyl sites for hydroxylation is 1. The van der Waals surface area contributed by atoms with E-state index in [0.29, 0.717) is 0 Å². The Bertz CT molecular complexity index is 477. The Kier molecular flexibility index (Phi) is 3.25. The van der Waals surface area contributed by atoms with Crippen LogP contribution in [-0.2, 0) is 11.8 Å². The van der Waals surface area contributed by atoms with Crippen molar-refractivity contribution >= 4 is 29.1 Å². The first-order valence-electron chi connectivity index (χ1n) is 4.86. The van der Waals surface area contributed by atoms with E-state index in [-0.39, 0.29) is 0 Å². The fraction of sp³-hybridized carbons (Fsp3) is 0.0769. The predicted octanol–water partition coefficient (Wildman–Crippen LogP) is 2.89. The lowest BCUT2D eigenvalue weighted by Gasteiger charge is -1.94. The summed E-state index contributed by atoms with van der Waals surface area (Å²) in [5.41, 5.74) is 1.28. The topological polar surface area (TPSA) is 0 Å². The van der Waals surface area contributed by atoms with Gasteiger partial charge in [-0.25, -0.2) is 0 Å². The van der Waals surface area contributed by atoms with Crippen LogP contribution in [0.25, 0.3) is 0 Å². The molecule has 0 nitrogen and oxygen atoms in total. The molecule has 0 aliphatic rings. The van der Waals surface area contributed by atoms with Crippen LogP contribution in [0.5, 0.6) is 0 Å². The number of benzene rings is 2. The first kappa shape index (κ1) is 10.5. The van der Waals surface area contributed by atoms with Crippen LogP contribution in [0.15, 0.2) is 54.6 Å². The Morgan fingerprint density at radius 3 is 2.20 bits per heavy atom. The largest absolute Gasteiger partial charge is 0.250 e. The molecule has 0 amide bonds. The van der Waals surface area contributed by atoms with Crippen LogP contribution in [-0.4, -0.2) is 0 Å². The number of rotatable bonds is 2. The molecule has 74 valence electrons. The number of hydrogen-bond acceptors (Lipinski definition) is 1. The van der Waals surface area contributed by atoms with Crippen LogP contribution < -0.4 is 10.6 Å². The van der Waals surface area contributed by atoms with Crippen LogP contribution in [0.1, 0.15) is 5.56 Å². The maximum atomic E-state index is 5.59. The van der Waals surface area contributed by atoms with E-state index in [1.807, 2.05) is 18.2 Å². The summed E-state index contributed by atoms with van der Waals surface area (Å²) >= 11 is 5.59. The van der Waals surface area contributed by atoms with E-state index < -0.39 is 6.70 Å². The quantitative estimate of drug-likeness (QED) is 0.716. The molecule has 0 fully saturated rings. The Balaban J connectivity index is 2.37. The van der Waals surface area contributed by atoms with Gasteiger partial charge in [-0.2, -0.15) is 0 Å². The second-order valence-electron chi connectivity index (χ2n) is 3.47. The van der Waals surface area contributed by atoms with Gasteiger partial charge in [-0.05, 0) is 36.8 Å². The van der Waals surface area contributed by atoms with Gasteiger partial charge in [0.05, 0.1) is 0 Å². The van der Waals surface area contributed by atoms with Gasteiger partial charge in [-0.3, -0.25) is 0 Å². The fourth-order valence-electron chi connectivity index (χ4n) is 1.47. The highest BCUT2D eigenvalue weighted by Crippen LogP contribution is 2.19. The predicted molar refractivity (Wildman–Crippen MR) is 71.2 cm³/mol. The van der Waals surface area contributed by atoms with Crippen LogP contribution in [0.2, 0.25) is 0 Å².